The van der Waals surface area contributed by atoms with Crippen molar-refractivity contribution in [3.05, 3.63) is 89.5 Å². The summed E-state index contributed by atoms with van der Waals surface area (Å²) in [6, 6.07) is 18.0. The van der Waals surface area contributed by atoms with Crippen LogP contribution in [0.5, 0.6) is 5.75 Å². The molecule has 7 nitrogen and oxygen atoms in total. The molecule has 7 rings (SSSR count). The van der Waals surface area contributed by atoms with Crippen LogP contribution in [-0.2, 0) is 29.9 Å². The van der Waals surface area contributed by atoms with Crippen molar-refractivity contribution >= 4 is 11.9 Å². The summed E-state index contributed by atoms with van der Waals surface area (Å²) < 4.78 is 16.0. The molecule has 47 heavy (non-hydrogen) atoms. The van der Waals surface area contributed by atoms with Crippen molar-refractivity contribution in [2.45, 2.75) is 101 Å². The summed E-state index contributed by atoms with van der Waals surface area (Å²) in [5, 5.41) is 20.5. The van der Waals surface area contributed by atoms with Gasteiger partial charge in [-0.25, -0.2) is 9.59 Å². The molecule has 0 spiro atoms. The maximum Gasteiger partial charge on any atom is 0.333 e. The lowest BCUT2D eigenvalue weighted by Crippen LogP contribution is -2.55. The van der Waals surface area contributed by atoms with E-state index in [1.54, 1.807) is 13.8 Å². The van der Waals surface area contributed by atoms with Gasteiger partial charge in [-0.1, -0.05) is 49.6 Å². The summed E-state index contributed by atoms with van der Waals surface area (Å²) in [6.45, 7) is 10.3. The van der Waals surface area contributed by atoms with Gasteiger partial charge in [0.1, 0.15) is 31.7 Å². The number of carbonyl (C=O) groups excluding carboxylic acids is 2. The van der Waals surface area contributed by atoms with E-state index in [2.05, 4.69) is 49.6 Å². The minimum Gasteiger partial charge on any atom is -0.491 e. The lowest BCUT2D eigenvalue weighted by atomic mass is 9.41. The molecule has 0 aliphatic heterocycles. The Kier molecular flexibility index (Phi) is 9.69. The number of hydrogen-bond acceptors (Lipinski definition) is 7. The number of rotatable bonds is 14. The van der Waals surface area contributed by atoms with Crippen LogP contribution in [0.15, 0.2) is 72.8 Å². The van der Waals surface area contributed by atoms with Crippen LogP contribution in [0.2, 0.25) is 0 Å². The summed E-state index contributed by atoms with van der Waals surface area (Å²) in [6.07, 6.45) is 8.82. The van der Waals surface area contributed by atoms with Crippen molar-refractivity contribution in [3.63, 3.8) is 0 Å². The third kappa shape index (κ3) is 7.36. The molecule has 0 heterocycles. The Bertz CT molecular complexity index is 1450. The molecule has 4 bridgehead atoms. The summed E-state index contributed by atoms with van der Waals surface area (Å²) in [5.41, 5.74) is 5.33. The van der Waals surface area contributed by atoms with E-state index < -0.39 is 24.1 Å². The van der Waals surface area contributed by atoms with Gasteiger partial charge in [-0.15, -0.1) is 0 Å². The first kappa shape index (κ1) is 33.5. The smallest absolute Gasteiger partial charge is 0.333 e. The standard InChI is InChI=1S/C40H50O7/c1-25(2)37(43)46-21-34(41)16-27-14-31(15-27)30-5-7-32(8-6-30)39-17-28-13-29(18-39)20-40(19-28,24-39)33-9-11-36(12-10-33)45-22-35(42)23-47-38(44)26(3)4/h5-12,27-29,31,34-35,41-42H,1,3,13-24H2,2,4H3. The fourth-order valence-corrected chi connectivity index (χ4v) is 9.44. The number of esters is 2. The molecule has 0 aromatic heterocycles. The zero-order valence-corrected chi connectivity index (χ0v) is 27.9. The van der Waals surface area contributed by atoms with Crippen LogP contribution >= 0.6 is 0 Å². The normalized spacial score (nSPS) is 30.1. The molecule has 0 radical (unpaired) electrons. The van der Waals surface area contributed by atoms with E-state index in [0.29, 0.717) is 35.2 Å². The Morgan fingerprint density at radius 1 is 0.745 bits per heavy atom. The van der Waals surface area contributed by atoms with Gasteiger partial charge in [-0.3, -0.25) is 0 Å². The third-order valence-electron chi connectivity index (χ3n) is 11.3. The van der Waals surface area contributed by atoms with Crippen LogP contribution in [0.1, 0.15) is 94.2 Å². The average Bonchev–Trinajstić information content (AvgIpc) is 3.02. The van der Waals surface area contributed by atoms with Gasteiger partial charge < -0.3 is 24.4 Å². The predicted molar refractivity (Wildman–Crippen MR) is 180 cm³/mol. The van der Waals surface area contributed by atoms with Gasteiger partial charge in [0.2, 0.25) is 0 Å². The van der Waals surface area contributed by atoms with Crippen LogP contribution in [0.25, 0.3) is 0 Å². The Morgan fingerprint density at radius 2 is 1.23 bits per heavy atom. The van der Waals surface area contributed by atoms with Gasteiger partial charge >= 0.3 is 11.9 Å². The topological polar surface area (TPSA) is 102 Å². The summed E-state index contributed by atoms with van der Waals surface area (Å²) in [5.74, 6) is 2.21. The van der Waals surface area contributed by atoms with Gasteiger partial charge in [-0.2, -0.15) is 0 Å². The van der Waals surface area contributed by atoms with Gasteiger partial charge in [-0.05, 0) is 135 Å². The van der Waals surface area contributed by atoms with Gasteiger partial charge in [0.05, 0.1) is 6.10 Å². The minimum absolute atomic E-state index is 0.0333. The lowest BCUT2D eigenvalue weighted by Gasteiger charge is -2.63. The zero-order chi connectivity index (χ0) is 33.3. The third-order valence-corrected chi connectivity index (χ3v) is 11.3. The fourth-order valence-electron chi connectivity index (χ4n) is 9.44. The van der Waals surface area contributed by atoms with Gasteiger partial charge in [0.15, 0.2) is 0 Å². The number of aliphatic hydroxyl groups excluding tert-OH is 2. The highest BCUT2D eigenvalue weighted by molar-refractivity contribution is 5.87. The Labute approximate surface area is 279 Å². The molecule has 0 amide bonds. The first-order chi connectivity index (χ1) is 22.4. The van der Waals surface area contributed by atoms with E-state index in [9.17, 15) is 19.8 Å². The van der Waals surface area contributed by atoms with Crippen molar-refractivity contribution in [1.29, 1.82) is 0 Å². The molecular weight excluding hydrogens is 592 g/mol. The maximum absolute atomic E-state index is 11.6. The highest BCUT2D eigenvalue weighted by Gasteiger charge is 2.58. The number of benzene rings is 2. The predicted octanol–water partition coefficient (Wildman–Crippen LogP) is 6.70. The molecule has 4 atom stereocenters. The van der Waals surface area contributed by atoms with Gasteiger partial charge in [0, 0.05) is 11.1 Å². The zero-order valence-electron chi connectivity index (χ0n) is 27.9. The van der Waals surface area contributed by atoms with Crippen LogP contribution in [0.4, 0.5) is 0 Å². The molecule has 252 valence electrons. The molecule has 2 aromatic carbocycles. The number of carbonyl (C=O) groups is 2. The molecule has 7 heteroatoms. The first-order valence-electron chi connectivity index (χ1n) is 17.3. The largest absolute Gasteiger partial charge is 0.491 e. The van der Waals surface area contributed by atoms with Crippen molar-refractivity contribution in [3.8, 4) is 5.75 Å². The summed E-state index contributed by atoms with van der Waals surface area (Å²) in [4.78, 5) is 23.2. The Balaban J connectivity index is 1.04. The van der Waals surface area contributed by atoms with Gasteiger partial charge in [0.25, 0.3) is 0 Å². The molecule has 2 aromatic rings. The Morgan fingerprint density at radius 3 is 1.74 bits per heavy atom. The molecule has 0 saturated heterocycles. The summed E-state index contributed by atoms with van der Waals surface area (Å²) >= 11 is 0. The average molecular weight is 643 g/mol. The van der Waals surface area contributed by atoms with Crippen molar-refractivity contribution in [2.24, 2.45) is 17.8 Å². The molecule has 2 N–H and O–H groups in total. The first-order valence-corrected chi connectivity index (χ1v) is 17.3. The Hall–Kier alpha value is -3.42. The fraction of sp³-hybridized carbons (Fsp3) is 0.550. The van der Waals surface area contributed by atoms with E-state index in [4.69, 9.17) is 14.2 Å². The second kappa shape index (κ2) is 13.6. The van der Waals surface area contributed by atoms with E-state index in [1.165, 1.54) is 55.2 Å². The lowest BCUT2D eigenvalue weighted by molar-refractivity contribution is -0.143. The van der Waals surface area contributed by atoms with Crippen LogP contribution in [0, 0.1) is 17.8 Å². The van der Waals surface area contributed by atoms with Crippen LogP contribution in [0.3, 0.4) is 0 Å². The van der Waals surface area contributed by atoms with E-state index >= 15 is 0 Å². The van der Waals surface area contributed by atoms with Crippen molar-refractivity contribution < 1.29 is 34.0 Å². The second-order valence-corrected chi connectivity index (χ2v) is 15.3. The summed E-state index contributed by atoms with van der Waals surface area (Å²) in [7, 11) is 0. The quantitative estimate of drug-likeness (QED) is 0.175. The monoisotopic (exact) mass is 642 g/mol. The van der Waals surface area contributed by atoms with Crippen LogP contribution < -0.4 is 4.74 Å². The second-order valence-electron chi connectivity index (χ2n) is 15.3. The molecule has 5 saturated carbocycles. The van der Waals surface area contributed by atoms with Crippen molar-refractivity contribution in [1.82, 2.24) is 0 Å². The van der Waals surface area contributed by atoms with Crippen LogP contribution in [-0.4, -0.2) is 54.2 Å². The highest BCUT2D eigenvalue weighted by atomic mass is 16.6. The molecule has 5 aliphatic carbocycles. The SMILES string of the molecule is C=C(C)C(=O)OCC(O)COc1ccc(C23CC4CC(C2)CC(c2ccc(C5CC(CC(O)COC(=O)C(=C)C)C5)cc2)(C4)C3)cc1. The number of ether oxygens (including phenoxy) is 3. The number of hydrogen-bond donors (Lipinski definition) is 2. The van der Waals surface area contributed by atoms with Crippen molar-refractivity contribution in [2.75, 3.05) is 19.8 Å². The van der Waals surface area contributed by atoms with E-state index in [1.807, 2.05) is 12.1 Å². The van der Waals surface area contributed by atoms with E-state index in [0.717, 1.165) is 24.7 Å². The van der Waals surface area contributed by atoms with E-state index in [-0.39, 0.29) is 30.7 Å². The molecule has 5 fully saturated rings. The minimum atomic E-state index is -0.906. The molecule has 4 unspecified atom stereocenters. The highest BCUT2D eigenvalue weighted by Crippen LogP contribution is 2.66. The number of aliphatic hydroxyl groups is 2. The maximum atomic E-state index is 11.6. The molecular formula is C40H50O7. The molecule has 5 aliphatic rings.